The molecule has 1 atom stereocenters. The summed E-state index contributed by atoms with van der Waals surface area (Å²) < 4.78 is 28.9. The Morgan fingerprint density at radius 2 is 1.96 bits per heavy atom. The van der Waals surface area contributed by atoms with E-state index in [1.165, 1.54) is 28.8 Å². The maximum atomic E-state index is 13.9. The molecule has 0 unspecified atom stereocenters. The summed E-state index contributed by atoms with van der Waals surface area (Å²) in [6.07, 6.45) is 6.17. The normalized spacial score (nSPS) is 15.6. The second-order valence-electron chi connectivity index (χ2n) is 7.17. The number of fused-ring (bicyclic) bond motifs is 1. The first-order valence-corrected chi connectivity index (χ1v) is 10.7. The first kappa shape index (κ1) is 20.6. The lowest BCUT2D eigenvalue weighted by atomic mass is 9.96. The highest BCUT2D eigenvalue weighted by atomic mass is 32.2. The van der Waals surface area contributed by atoms with Crippen molar-refractivity contribution in [2.45, 2.75) is 56.5 Å². The lowest BCUT2D eigenvalue weighted by Gasteiger charge is -2.18. The molecule has 2 heterocycles. The van der Waals surface area contributed by atoms with Crippen molar-refractivity contribution in [1.29, 1.82) is 0 Å². The molecule has 1 N–H and O–H groups in total. The third-order valence-corrected chi connectivity index (χ3v) is 6.28. The fourth-order valence-electron chi connectivity index (χ4n) is 3.64. The number of aliphatic hydroxyl groups is 1. The van der Waals surface area contributed by atoms with Crippen molar-refractivity contribution in [1.82, 2.24) is 4.57 Å². The van der Waals surface area contributed by atoms with Crippen molar-refractivity contribution in [3.8, 4) is 11.1 Å². The molecule has 1 aliphatic rings. The lowest BCUT2D eigenvalue weighted by molar-refractivity contribution is 0.338. The smallest absolute Gasteiger partial charge is 0.252 e. The number of benzene rings is 1. The van der Waals surface area contributed by atoms with Gasteiger partial charge in [-0.05, 0) is 36.1 Å². The van der Waals surface area contributed by atoms with Crippen molar-refractivity contribution in [3.63, 3.8) is 0 Å². The number of unbranched alkanes of at least 4 members (excludes halogenated alkanes) is 4. The van der Waals surface area contributed by atoms with Crippen molar-refractivity contribution >= 4 is 11.8 Å². The van der Waals surface area contributed by atoms with Crippen LogP contribution in [-0.4, -0.2) is 15.4 Å². The van der Waals surface area contributed by atoms with Crippen LogP contribution in [0.4, 0.5) is 8.78 Å². The molecule has 0 fully saturated rings. The molecule has 0 amide bonds. The van der Waals surface area contributed by atoms with E-state index in [-0.39, 0.29) is 11.3 Å². The van der Waals surface area contributed by atoms with Gasteiger partial charge in [0.15, 0.2) is 11.6 Å². The number of aryl methyl sites for hydroxylation is 1. The molecule has 3 rings (SSSR count). The number of aromatic nitrogens is 1. The van der Waals surface area contributed by atoms with Gasteiger partial charge >= 0.3 is 0 Å². The molecule has 0 saturated carbocycles. The molecule has 1 aromatic heterocycles. The Hall–Kier alpha value is -2.08. The second-order valence-corrected chi connectivity index (χ2v) is 8.18. The van der Waals surface area contributed by atoms with Gasteiger partial charge in [-0.25, -0.2) is 8.78 Å². The minimum atomic E-state index is -0.914. The van der Waals surface area contributed by atoms with E-state index in [1.807, 2.05) is 0 Å². The van der Waals surface area contributed by atoms with Gasteiger partial charge in [-0.1, -0.05) is 45.3 Å². The van der Waals surface area contributed by atoms with E-state index >= 15 is 0 Å². The van der Waals surface area contributed by atoms with Gasteiger partial charge in [-0.3, -0.25) is 9.36 Å². The fraction of sp³-hybridized carbons (Fsp3) is 0.409. The SMILES string of the molecule is C=C(O)[C@H]1CSc2c(-c3ccc(F)c(F)c3)c(CCCCCCC)cc(=O)n21. The molecule has 0 saturated heterocycles. The van der Waals surface area contributed by atoms with Crippen LogP contribution in [0.25, 0.3) is 11.1 Å². The summed E-state index contributed by atoms with van der Waals surface area (Å²) in [5.41, 5.74) is 1.94. The molecule has 2 aromatic rings. The van der Waals surface area contributed by atoms with Gasteiger partial charge in [0.25, 0.3) is 5.56 Å². The van der Waals surface area contributed by atoms with Crippen molar-refractivity contribution in [2.75, 3.05) is 5.75 Å². The maximum absolute atomic E-state index is 13.9. The summed E-state index contributed by atoms with van der Waals surface area (Å²) in [7, 11) is 0. The van der Waals surface area contributed by atoms with Gasteiger partial charge in [0.2, 0.25) is 0 Å². The zero-order chi connectivity index (χ0) is 20.3. The Kier molecular flexibility index (Phi) is 6.60. The topological polar surface area (TPSA) is 42.2 Å². The number of halogens is 2. The van der Waals surface area contributed by atoms with Crippen LogP contribution in [-0.2, 0) is 6.42 Å². The molecule has 0 bridgehead atoms. The highest BCUT2D eigenvalue weighted by molar-refractivity contribution is 7.99. The first-order valence-electron chi connectivity index (χ1n) is 9.68. The molecule has 3 nitrogen and oxygen atoms in total. The molecule has 1 aliphatic heterocycles. The zero-order valence-corrected chi connectivity index (χ0v) is 16.8. The van der Waals surface area contributed by atoms with E-state index in [1.54, 1.807) is 12.1 Å². The minimum absolute atomic E-state index is 0.0723. The van der Waals surface area contributed by atoms with E-state index in [2.05, 4.69) is 13.5 Å². The number of nitrogens with zero attached hydrogens (tertiary/aromatic N) is 1. The summed E-state index contributed by atoms with van der Waals surface area (Å²) in [6, 6.07) is 4.90. The van der Waals surface area contributed by atoms with Crippen molar-refractivity contribution in [3.05, 3.63) is 64.2 Å². The number of allylic oxidation sites excluding steroid dienone is 1. The maximum Gasteiger partial charge on any atom is 0.252 e. The molecule has 1 aromatic carbocycles. The van der Waals surface area contributed by atoms with E-state index in [0.717, 1.165) is 42.9 Å². The number of hydrogen-bond donors (Lipinski definition) is 1. The van der Waals surface area contributed by atoms with Crippen LogP contribution >= 0.6 is 11.8 Å². The van der Waals surface area contributed by atoms with Gasteiger partial charge in [0, 0.05) is 17.4 Å². The molecule has 0 aliphatic carbocycles. The Morgan fingerprint density at radius 1 is 1.21 bits per heavy atom. The number of rotatable bonds is 8. The number of hydrogen-bond acceptors (Lipinski definition) is 3. The minimum Gasteiger partial charge on any atom is -0.511 e. The largest absolute Gasteiger partial charge is 0.511 e. The number of pyridine rings is 1. The van der Waals surface area contributed by atoms with E-state index in [9.17, 15) is 18.7 Å². The second kappa shape index (κ2) is 8.95. The molecule has 0 spiro atoms. The van der Waals surface area contributed by atoms with E-state index < -0.39 is 17.7 Å². The van der Waals surface area contributed by atoms with Crippen LogP contribution < -0.4 is 5.56 Å². The third-order valence-electron chi connectivity index (χ3n) is 5.12. The number of aliphatic hydroxyl groups excluding tert-OH is 1. The van der Waals surface area contributed by atoms with Crippen LogP contribution in [0.15, 0.2) is 46.4 Å². The van der Waals surface area contributed by atoms with Gasteiger partial charge in [0.1, 0.15) is 11.8 Å². The van der Waals surface area contributed by atoms with Crippen LogP contribution in [0.1, 0.15) is 50.6 Å². The molecule has 150 valence electrons. The Balaban J connectivity index is 2.06. The molecule has 0 radical (unpaired) electrons. The third kappa shape index (κ3) is 4.17. The summed E-state index contributed by atoms with van der Waals surface area (Å²) >= 11 is 1.44. The highest BCUT2D eigenvalue weighted by Gasteiger charge is 2.30. The standard InChI is InChI=1S/C22H25F2NO2S/c1-3-4-5-6-7-8-15-12-20(27)25-19(14(2)26)13-28-22(25)21(15)16-9-10-17(23)18(24)11-16/h9-12,19,26H,2-8,13H2,1H3/t19-/m1/s1. The fourth-order valence-corrected chi connectivity index (χ4v) is 5.05. The summed E-state index contributed by atoms with van der Waals surface area (Å²) in [4.78, 5) is 12.7. The van der Waals surface area contributed by atoms with E-state index in [4.69, 9.17) is 0 Å². The number of thioether (sulfide) groups is 1. The van der Waals surface area contributed by atoms with Gasteiger partial charge < -0.3 is 5.11 Å². The van der Waals surface area contributed by atoms with Gasteiger partial charge in [-0.15, -0.1) is 11.8 Å². The molecule has 28 heavy (non-hydrogen) atoms. The van der Waals surface area contributed by atoms with Gasteiger partial charge in [-0.2, -0.15) is 0 Å². The predicted molar refractivity (Wildman–Crippen MR) is 110 cm³/mol. The average Bonchev–Trinajstić information content (AvgIpc) is 3.10. The predicted octanol–water partition coefficient (Wildman–Crippen LogP) is 6.02. The quantitative estimate of drug-likeness (QED) is 0.431. The summed E-state index contributed by atoms with van der Waals surface area (Å²) in [6.45, 7) is 5.74. The highest BCUT2D eigenvalue weighted by Crippen LogP contribution is 2.42. The molecular weight excluding hydrogens is 380 g/mol. The zero-order valence-electron chi connectivity index (χ0n) is 16.0. The van der Waals surface area contributed by atoms with E-state index in [0.29, 0.717) is 22.8 Å². The Bertz CT molecular complexity index is 939. The summed E-state index contributed by atoms with van der Waals surface area (Å²) in [5, 5.41) is 10.6. The Morgan fingerprint density at radius 3 is 2.64 bits per heavy atom. The van der Waals surface area contributed by atoms with Crippen molar-refractivity contribution < 1.29 is 13.9 Å². The monoisotopic (exact) mass is 405 g/mol. The van der Waals surface area contributed by atoms with Crippen LogP contribution in [0.5, 0.6) is 0 Å². The summed E-state index contributed by atoms with van der Waals surface area (Å²) in [5.74, 6) is -1.40. The average molecular weight is 406 g/mol. The molecular formula is C22H25F2NO2S. The Labute approximate surface area is 168 Å². The first-order chi connectivity index (χ1) is 13.4. The van der Waals surface area contributed by atoms with Crippen molar-refractivity contribution in [2.24, 2.45) is 0 Å². The van der Waals surface area contributed by atoms with Crippen LogP contribution in [0.3, 0.4) is 0 Å². The van der Waals surface area contributed by atoms with Crippen LogP contribution in [0.2, 0.25) is 0 Å². The molecule has 6 heteroatoms. The lowest BCUT2D eigenvalue weighted by Crippen LogP contribution is -2.25. The van der Waals surface area contributed by atoms with Crippen LogP contribution in [0, 0.1) is 11.6 Å². The van der Waals surface area contributed by atoms with Gasteiger partial charge in [0.05, 0.1) is 5.03 Å².